The fourth-order valence-corrected chi connectivity index (χ4v) is 3.34. The maximum Gasteiger partial charge on any atom is 0.191 e. The molecule has 0 spiro atoms. The average molecular weight is 374 g/mol. The molecule has 0 unspecified atom stereocenters. The van der Waals surface area contributed by atoms with Gasteiger partial charge in [-0.2, -0.15) is 0 Å². The summed E-state index contributed by atoms with van der Waals surface area (Å²) in [5.41, 5.74) is 1.36. The molecular weight excluding hydrogens is 334 g/mol. The van der Waals surface area contributed by atoms with Gasteiger partial charge in [0.15, 0.2) is 5.96 Å². The molecule has 0 bridgehead atoms. The second-order valence-electron chi connectivity index (χ2n) is 8.22. The van der Waals surface area contributed by atoms with Crippen molar-refractivity contribution in [3.8, 4) is 0 Å². The molecule has 1 aromatic carbocycles. The Morgan fingerprint density at radius 2 is 1.74 bits per heavy atom. The van der Waals surface area contributed by atoms with E-state index in [1.165, 1.54) is 51.1 Å². The third kappa shape index (κ3) is 7.89. The lowest BCUT2D eigenvalue weighted by Crippen LogP contribution is -2.44. The average Bonchev–Trinajstić information content (AvgIpc) is 2.68. The van der Waals surface area contributed by atoms with Crippen LogP contribution in [0.5, 0.6) is 0 Å². The number of hydrogen-bond acceptors (Lipinski definition) is 3. The van der Waals surface area contributed by atoms with E-state index < -0.39 is 0 Å². The van der Waals surface area contributed by atoms with Crippen molar-refractivity contribution < 1.29 is 0 Å². The Morgan fingerprint density at radius 3 is 2.41 bits per heavy atom. The van der Waals surface area contributed by atoms with E-state index in [9.17, 15) is 0 Å². The topological polar surface area (TPSA) is 42.9 Å². The molecule has 1 heterocycles. The van der Waals surface area contributed by atoms with E-state index in [2.05, 4.69) is 78.6 Å². The Balaban J connectivity index is 1.72. The van der Waals surface area contributed by atoms with Gasteiger partial charge in [-0.25, -0.2) is 0 Å². The fourth-order valence-electron chi connectivity index (χ4n) is 3.34. The van der Waals surface area contributed by atoms with Crippen molar-refractivity contribution in [2.24, 2.45) is 4.99 Å². The van der Waals surface area contributed by atoms with Crippen LogP contribution in [0.15, 0.2) is 35.3 Å². The maximum absolute atomic E-state index is 4.84. The number of unbranched alkanes of at least 4 members (excludes halogenated alkanes) is 1. The second kappa shape index (κ2) is 11.3. The van der Waals surface area contributed by atoms with Gasteiger partial charge >= 0.3 is 0 Å². The number of benzene rings is 1. The van der Waals surface area contributed by atoms with E-state index in [4.69, 9.17) is 4.99 Å². The number of rotatable bonds is 9. The van der Waals surface area contributed by atoms with Gasteiger partial charge in [-0.15, -0.1) is 0 Å². The van der Waals surface area contributed by atoms with Gasteiger partial charge in [0.2, 0.25) is 0 Å². The molecule has 0 aromatic heterocycles. The fraction of sp³-hybridized carbons (Fsp3) is 0.682. The van der Waals surface area contributed by atoms with Gasteiger partial charge in [-0.3, -0.25) is 4.99 Å². The molecule has 2 rings (SSSR count). The van der Waals surface area contributed by atoms with E-state index in [1.54, 1.807) is 0 Å². The zero-order chi connectivity index (χ0) is 19.5. The first-order valence-electron chi connectivity index (χ1n) is 10.5. The lowest BCUT2D eigenvalue weighted by molar-refractivity contribution is 0.152. The Labute approximate surface area is 166 Å². The van der Waals surface area contributed by atoms with Crippen molar-refractivity contribution in [1.82, 2.24) is 20.4 Å². The Kier molecular flexibility index (Phi) is 9.08. The van der Waals surface area contributed by atoms with Crippen LogP contribution in [0.25, 0.3) is 0 Å². The monoisotopic (exact) mass is 373 g/mol. The van der Waals surface area contributed by atoms with Crippen LogP contribution in [0.4, 0.5) is 0 Å². The Morgan fingerprint density at radius 1 is 1.04 bits per heavy atom. The summed E-state index contributed by atoms with van der Waals surface area (Å²) in [5.74, 6) is 0.932. The lowest BCUT2D eigenvalue weighted by Gasteiger charge is -2.32. The van der Waals surface area contributed by atoms with E-state index in [-0.39, 0.29) is 5.41 Å². The SMILES string of the molecule is CCNC(=NCC(C)(C)c1ccccc1)NCCCCN1CCN(C)CC1. The van der Waals surface area contributed by atoms with Crippen molar-refractivity contribution in [3.05, 3.63) is 35.9 Å². The third-order valence-corrected chi connectivity index (χ3v) is 5.32. The molecular formula is C22H39N5. The van der Waals surface area contributed by atoms with Crippen molar-refractivity contribution in [2.45, 2.75) is 39.0 Å². The molecule has 5 heteroatoms. The standard InChI is InChI=1S/C22H39N5/c1-5-23-21(25-19-22(2,3)20-11-7-6-8-12-20)24-13-9-10-14-27-17-15-26(4)16-18-27/h6-8,11-12H,5,9-10,13-19H2,1-4H3,(H2,23,24,25). The largest absolute Gasteiger partial charge is 0.357 e. The van der Waals surface area contributed by atoms with E-state index in [0.29, 0.717) is 0 Å². The highest BCUT2D eigenvalue weighted by Crippen LogP contribution is 2.22. The van der Waals surface area contributed by atoms with Gasteiger partial charge in [-0.05, 0) is 38.9 Å². The molecule has 152 valence electrons. The van der Waals surface area contributed by atoms with Crippen molar-refractivity contribution >= 4 is 5.96 Å². The molecule has 1 fully saturated rings. The first kappa shape index (κ1) is 21.7. The van der Waals surface area contributed by atoms with Crippen LogP contribution in [-0.4, -0.2) is 75.2 Å². The van der Waals surface area contributed by atoms with Crippen LogP contribution >= 0.6 is 0 Å². The molecule has 1 aromatic rings. The van der Waals surface area contributed by atoms with Gasteiger partial charge in [0.1, 0.15) is 0 Å². The zero-order valence-electron chi connectivity index (χ0n) is 17.8. The zero-order valence-corrected chi connectivity index (χ0v) is 17.8. The van der Waals surface area contributed by atoms with Crippen LogP contribution in [0, 0.1) is 0 Å². The van der Waals surface area contributed by atoms with Gasteiger partial charge in [0.25, 0.3) is 0 Å². The minimum Gasteiger partial charge on any atom is -0.357 e. The highest BCUT2D eigenvalue weighted by Gasteiger charge is 2.20. The van der Waals surface area contributed by atoms with Crippen LogP contribution in [0.3, 0.4) is 0 Å². The number of nitrogens with one attached hydrogen (secondary N) is 2. The molecule has 0 atom stereocenters. The predicted octanol–water partition coefficient (Wildman–Crippen LogP) is 2.55. The molecule has 0 radical (unpaired) electrons. The summed E-state index contributed by atoms with van der Waals surface area (Å²) in [6, 6.07) is 10.6. The van der Waals surface area contributed by atoms with E-state index >= 15 is 0 Å². The quantitative estimate of drug-likeness (QED) is 0.397. The van der Waals surface area contributed by atoms with Crippen LogP contribution in [0.1, 0.15) is 39.2 Å². The van der Waals surface area contributed by atoms with E-state index in [0.717, 1.165) is 25.6 Å². The Hall–Kier alpha value is -1.59. The normalized spacial score (nSPS) is 17.1. The number of hydrogen-bond donors (Lipinski definition) is 2. The molecule has 2 N–H and O–H groups in total. The molecule has 27 heavy (non-hydrogen) atoms. The van der Waals surface area contributed by atoms with Gasteiger partial charge in [0.05, 0.1) is 6.54 Å². The van der Waals surface area contributed by atoms with Gasteiger partial charge in [-0.1, -0.05) is 44.2 Å². The summed E-state index contributed by atoms with van der Waals surface area (Å²) in [5, 5.41) is 6.88. The second-order valence-corrected chi connectivity index (χ2v) is 8.22. The summed E-state index contributed by atoms with van der Waals surface area (Å²) < 4.78 is 0. The number of likely N-dealkylation sites (N-methyl/N-ethyl adjacent to an activating group) is 1. The smallest absolute Gasteiger partial charge is 0.191 e. The highest BCUT2D eigenvalue weighted by atomic mass is 15.2. The summed E-state index contributed by atoms with van der Waals surface area (Å²) in [4.78, 5) is 9.83. The van der Waals surface area contributed by atoms with Crippen LogP contribution in [-0.2, 0) is 5.41 Å². The minimum atomic E-state index is 0.0328. The van der Waals surface area contributed by atoms with Crippen LogP contribution < -0.4 is 10.6 Å². The Bertz CT molecular complexity index is 547. The maximum atomic E-state index is 4.84. The first-order valence-corrected chi connectivity index (χ1v) is 10.5. The molecule has 5 nitrogen and oxygen atoms in total. The molecule has 1 saturated heterocycles. The van der Waals surface area contributed by atoms with Crippen LogP contribution in [0.2, 0.25) is 0 Å². The summed E-state index contributed by atoms with van der Waals surface area (Å²) >= 11 is 0. The molecule has 1 aliphatic heterocycles. The highest BCUT2D eigenvalue weighted by molar-refractivity contribution is 5.79. The third-order valence-electron chi connectivity index (χ3n) is 5.32. The number of guanidine groups is 1. The molecule has 0 saturated carbocycles. The molecule has 0 aliphatic carbocycles. The summed E-state index contributed by atoms with van der Waals surface area (Å²) in [6.45, 7) is 15.3. The molecule has 1 aliphatic rings. The number of nitrogens with zero attached hydrogens (tertiary/aromatic N) is 3. The van der Waals surface area contributed by atoms with Crippen molar-refractivity contribution in [1.29, 1.82) is 0 Å². The van der Waals surface area contributed by atoms with Gasteiger partial charge < -0.3 is 20.4 Å². The van der Waals surface area contributed by atoms with Crippen molar-refractivity contribution in [3.63, 3.8) is 0 Å². The first-order chi connectivity index (χ1) is 13.0. The molecule has 0 amide bonds. The van der Waals surface area contributed by atoms with Crippen molar-refractivity contribution in [2.75, 3.05) is 59.4 Å². The lowest BCUT2D eigenvalue weighted by atomic mass is 9.85. The predicted molar refractivity (Wildman–Crippen MR) is 117 cm³/mol. The summed E-state index contributed by atoms with van der Waals surface area (Å²) in [7, 11) is 2.21. The van der Waals surface area contributed by atoms with E-state index in [1.807, 2.05) is 0 Å². The summed E-state index contributed by atoms with van der Waals surface area (Å²) in [6.07, 6.45) is 2.42. The van der Waals surface area contributed by atoms with Gasteiger partial charge in [0, 0.05) is 44.7 Å². The number of aliphatic imine (C=N–C) groups is 1. The number of piperazine rings is 1. The minimum absolute atomic E-state index is 0.0328.